The molecule has 87 heavy (non-hydrogen) atoms. The van der Waals surface area contributed by atoms with Crippen LogP contribution in [0.2, 0.25) is 0 Å². The van der Waals surface area contributed by atoms with Gasteiger partial charge in [0, 0.05) is 35.1 Å². The molecule has 11 aromatic rings. The normalized spacial score (nSPS) is 14.9. The van der Waals surface area contributed by atoms with Crippen LogP contribution in [0.3, 0.4) is 0 Å². The van der Waals surface area contributed by atoms with E-state index >= 15 is 0 Å². The van der Waals surface area contributed by atoms with Crippen LogP contribution in [-0.2, 0) is 23.7 Å². The summed E-state index contributed by atoms with van der Waals surface area (Å²) in [5, 5.41) is 5.27. The number of hydrogen-bond donors (Lipinski definition) is 0. The second-order valence-corrected chi connectivity index (χ2v) is 28.2. The van der Waals surface area contributed by atoms with Crippen molar-refractivity contribution >= 4 is 21.5 Å². The fourth-order valence-electron chi connectivity index (χ4n) is 14.0. The summed E-state index contributed by atoms with van der Waals surface area (Å²) in [4.78, 5) is 5.24. The zero-order chi connectivity index (χ0) is 62.0. The lowest BCUT2D eigenvalue weighted by Crippen LogP contribution is -2.32. The number of pyridine rings is 1. The molecule has 1 aliphatic rings. The quantitative estimate of drug-likeness (QED) is 0.133. The molecule has 0 N–H and O–H groups in total. The highest BCUT2D eigenvalue weighted by atomic mass is 14.7. The third-order valence-electron chi connectivity index (χ3n) is 18.9. The van der Waals surface area contributed by atoms with E-state index in [2.05, 4.69) is 358 Å². The highest BCUT2D eigenvalue weighted by Crippen LogP contribution is 2.57. The summed E-state index contributed by atoms with van der Waals surface area (Å²) in [5.74, 6) is 1.76. The Morgan fingerprint density at radius 1 is 0.322 bits per heavy atom. The molecule has 444 valence electrons. The lowest BCUT2D eigenvalue weighted by Gasteiger charge is -2.39. The molecule has 0 bridgehead atoms. The fourth-order valence-corrected chi connectivity index (χ4v) is 14.0. The first-order valence-electron chi connectivity index (χ1n) is 31.8. The second kappa shape index (κ2) is 27.3. The number of nitrogens with zero attached hydrogens (tertiary/aromatic N) is 1. The minimum Gasteiger partial charge on any atom is -0.258 e. The molecule has 0 spiro atoms. The van der Waals surface area contributed by atoms with Gasteiger partial charge in [0.15, 0.2) is 0 Å². The van der Waals surface area contributed by atoms with Crippen LogP contribution in [0.1, 0.15) is 138 Å². The summed E-state index contributed by atoms with van der Waals surface area (Å²) in [6.07, 6.45) is 4.47. The predicted octanol–water partition coefficient (Wildman–Crippen LogP) is 23.6. The largest absolute Gasteiger partial charge is 0.258 e. The molecule has 1 nitrogen and oxygen atoms in total. The average molecular weight is 1140 g/mol. The van der Waals surface area contributed by atoms with Crippen molar-refractivity contribution in [1.82, 2.24) is 4.98 Å². The van der Waals surface area contributed by atoms with E-state index in [4.69, 9.17) is 4.98 Å². The maximum atomic E-state index is 5.24. The van der Waals surface area contributed by atoms with Gasteiger partial charge in [0.1, 0.15) is 0 Å². The van der Waals surface area contributed by atoms with Gasteiger partial charge in [0.2, 0.25) is 0 Å². The predicted molar refractivity (Wildman–Crippen MR) is 377 cm³/mol. The summed E-state index contributed by atoms with van der Waals surface area (Å²) in [5.41, 5.74) is 19.3. The van der Waals surface area contributed by atoms with E-state index in [1.54, 1.807) is 0 Å². The van der Waals surface area contributed by atoms with Crippen molar-refractivity contribution in [3.05, 3.63) is 317 Å². The van der Waals surface area contributed by atoms with E-state index in [1.807, 2.05) is 0 Å². The summed E-state index contributed by atoms with van der Waals surface area (Å²) in [6, 6.07) is 93.0. The first-order chi connectivity index (χ1) is 41.6. The van der Waals surface area contributed by atoms with Crippen LogP contribution in [0.25, 0.3) is 43.8 Å². The van der Waals surface area contributed by atoms with Gasteiger partial charge in [0.25, 0.3) is 0 Å². The molecule has 1 heterocycles. The van der Waals surface area contributed by atoms with Crippen molar-refractivity contribution in [3.8, 4) is 22.3 Å². The van der Waals surface area contributed by atoms with E-state index in [9.17, 15) is 0 Å². The molecular weight excluding hydrogens is 1050 g/mol. The number of hydrogen-bond acceptors (Lipinski definition) is 1. The summed E-state index contributed by atoms with van der Waals surface area (Å²) in [6.45, 7) is 32.8. The highest BCUT2D eigenvalue weighted by molar-refractivity contribution is 6.07. The minimum atomic E-state index is -0.170. The zero-order valence-corrected chi connectivity index (χ0v) is 54.8. The number of benzene rings is 10. The average Bonchev–Trinajstić information content (AvgIpc) is 1.52. The molecule has 0 aliphatic heterocycles. The Kier molecular flexibility index (Phi) is 19.9. The molecule has 1 saturated carbocycles. The Morgan fingerprint density at radius 3 is 0.943 bits per heavy atom. The Balaban J connectivity index is 0.000000150. The molecule has 2 atom stereocenters. The third kappa shape index (κ3) is 15.2. The molecule has 1 fully saturated rings. The minimum absolute atomic E-state index is 0.170. The van der Waals surface area contributed by atoms with Gasteiger partial charge in [-0.15, -0.1) is 0 Å². The second-order valence-electron chi connectivity index (χ2n) is 28.2. The lowest BCUT2D eigenvalue weighted by atomic mass is 9.66. The van der Waals surface area contributed by atoms with Gasteiger partial charge in [-0.1, -0.05) is 318 Å². The molecule has 10 aromatic carbocycles. The van der Waals surface area contributed by atoms with Crippen LogP contribution >= 0.6 is 0 Å². The van der Waals surface area contributed by atoms with Crippen molar-refractivity contribution in [2.45, 2.75) is 133 Å². The molecule has 1 aliphatic carbocycles. The summed E-state index contributed by atoms with van der Waals surface area (Å²) in [7, 11) is 0. The monoisotopic (exact) mass is 1140 g/mol. The zero-order valence-electron chi connectivity index (χ0n) is 54.8. The van der Waals surface area contributed by atoms with Crippen LogP contribution in [0, 0.1) is 55.8 Å². The van der Waals surface area contributed by atoms with Gasteiger partial charge < -0.3 is 0 Å². The molecule has 1 aromatic heterocycles. The molecular formula is C86H95N. The standard InChI is InChI=1S/C35H33N.C22H18.C15H30.C14H14/c1-34(28-16-7-3-8-17-28,29-18-9-4-10-19-29)26-32-24-15-25-33(36-32)27-35(2,30-20-11-5-12-21-30)31-22-13-6-14-23-31;1-15-11-13-17-7-3-5-9-19(17)21(15)22-16(2)12-14-18-8-4-6-10-20(18)22;1-13(2,3)11-9-15(7,8)10-12(11)14(4,5)6;1-11-7-3-5-9-13(11)14-10-6-4-8-12(14)2/h3-25H,26-27H2,1-2H3;3-14H,1-2H3;11-12H,9-10H2,1-8H3;3-10H,1-2H3. The number of rotatable bonds is 10. The van der Waals surface area contributed by atoms with Crippen molar-refractivity contribution < 1.29 is 0 Å². The smallest absolute Gasteiger partial charge is 0.0419 e. The molecule has 0 radical (unpaired) electrons. The molecule has 0 saturated heterocycles. The maximum absolute atomic E-state index is 5.24. The molecule has 2 unspecified atom stereocenters. The number of aromatic nitrogens is 1. The fraction of sp³-hybridized carbons (Fsp3) is 0.291. The van der Waals surface area contributed by atoms with Gasteiger partial charge in [-0.05, 0) is 169 Å². The highest BCUT2D eigenvalue weighted by Gasteiger charge is 2.48. The lowest BCUT2D eigenvalue weighted by molar-refractivity contribution is 0.0992. The van der Waals surface area contributed by atoms with Crippen LogP contribution in [0.5, 0.6) is 0 Å². The van der Waals surface area contributed by atoms with Crippen molar-refractivity contribution in [1.29, 1.82) is 0 Å². The van der Waals surface area contributed by atoms with Crippen molar-refractivity contribution in [3.63, 3.8) is 0 Å². The first kappa shape index (κ1) is 63.4. The van der Waals surface area contributed by atoms with E-state index in [1.165, 1.54) is 101 Å². The Morgan fingerprint density at radius 2 is 0.621 bits per heavy atom. The summed E-state index contributed by atoms with van der Waals surface area (Å²) >= 11 is 0. The Bertz CT molecular complexity index is 3650. The van der Waals surface area contributed by atoms with Crippen molar-refractivity contribution in [2.75, 3.05) is 0 Å². The molecule has 0 amide bonds. The third-order valence-corrected chi connectivity index (χ3v) is 18.9. The van der Waals surface area contributed by atoms with Crippen LogP contribution < -0.4 is 0 Å². The van der Waals surface area contributed by atoms with Crippen LogP contribution in [0.4, 0.5) is 0 Å². The molecule has 1 heteroatoms. The Hall–Kier alpha value is -8.13. The summed E-state index contributed by atoms with van der Waals surface area (Å²) < 4.78 is 0. The van der Waals surface area contributed by atoms with E-state index in [0.717, 1.165) is 36.1 Å². The SMILES string of the molecule is CC(Cc1cccc(CC(C)(c2ccccc2)c2ccccc2)n1)(c1ccccc1)c1ccccc1.CC1(C)CC(C(C)(C)C)C(C(C)(C)C)C1.Cc1ccc2ccccc2c1-c1c(C)ccc2ccccc12.Cc1ccccc1-c1ccccc1C. The van der Waals surface area contributed by atoms with Gasteiger partial charge in [-0.2, -0.15) is 0 Å². The topological polar surface area (TPSA) is 12.9 Å². The van der Waals surface area contributed by atoms with Gasteiger partial charge in [0.05, 0.1) is 0 Å². The number of fused-ring (bicyclic) bond motifs is 2. The van der Waals surface area contributed by atoms with E-state index < -0.39 is 0 Å². The Labute approximate surface area is 524 Å². The maximum Gasteiger partial charge on any atom is 0.0419 e. The van der Waals surface area contributed by atoms with Crippen LogP contribution in [-0.4, -0.2) is 4.98 Å². The van der Waals surface area contributed by atoms with Gasteiger partial charge >= 0.3 is 0 Å². The molecule has 12 rings (SSSR count). The van der Waals surface area contributed by atoms with Crippen molar-refractivity contribution in [2.24, 2.45) is 28.1 Å². The first-order valence-corrected chi connectivity index (χ1v) is 31.8. The van der Waals surface area contributed by atoms with Crippen LogP contribution in [0.15, 0.2) is 261 Å². The van der Waals surface area contributed by atoms with Gasteiger partial charge in [-0.3, -0.25) is 4.98 Å². The van der Waals surface area contributed by atoms with Gasteiger partial charge in [-0.25, -0.2) is 0 Å². The number of aryl methyl sites for hydroxylation is 4. The van der Waals surface area contributed by atoms with E-state index in [0.29, 0.717) is 16.2 Å². The van der Waals surface area contributed by atoms with E-state index in [-0.39, 0.29) is 10.8 Å².